The lowest BCUT2D eigenvalue weighted by Crippen LogP contribution is -2.31. The number of carbonyl (C=O) groups is 1. The van der Waals surface area contributed by atoms with E-state index in [9.17, 15) is 4.79 Å². The first-order chi connectivity index (χ1) is 6.88. The van der Waals surface area contributed by atoms with Gasteiger partial charge in [-0.2, -0.15) is 0 Å². The Bertz CT molecular complexity index is 291. The van der Waals surface area contributed by atoms with Gasteiger partial charge in [0.25, 0.3) is 5.91 Å². The highest BCUT2D eigenvalue weighted by Crippen LogP contribution is 2.14. The van der Waals surface area contributed by atoms with E-state index in [1.165, 1.54) is 24.4 Å². The van der Waals surface area contributed by atoms with Crippen LogP contribution in [0.2, 0.25) is 0 Å². The molecule has 0 radical (unpaired) electrons. The van der Waals surface area contributed by atoms with Crippen LogP contribution in [0.25, 0.3) is 0 Å². The standard InChI is InChI=1S/C9H13N3OS/c13-9(8-7-10-11-14-8)12-5-3-1-2-4-6-12/h7H,1-6H2. The van der Waals surface area contributed by atoms with Crippen molar-refractivity contribution in [2.75, 3.05) is 13.1 Å². The lowest BCUT2D eigenvalue weighted by atomic mass is 10.2. The van der Waals surface area contributed by atoms with Crippen LogP contribution in [0, 0.1) is 0 Å². The summed E-state index contributed by atoms with van der Waals surface area (Å²) in [6.45, 7) is 1.77. The van der Waals surface area contributed by atoms with Crippen molar-refractivity contribution >= 4 is 17.4 Å². The number of amides is 1. The van der Waals surface area contributed by atoms with Crippen molar-refractivity contribution in [1.29, 1.82) is 0 Å². The molecule has 0 bridgehead atoms. The number of rotatable bonds is 1. The molecular weight excluding hydrogens is 198 g/mol. The molecule has 4 nitrogen and oxygen atoms in total. The Morgan fingerprint density at radius 3 is 2.57 bits per heavy atom. The molecule has 0 saturated carbocycles. The summed E-state index contributed by atoms with van der Waals surface area (Å²) in [5.41, 5.74) is 0. The first-order valence-corrected chi connectivity index (χ1v) is 5.72. The van der Waals surface area contributed by atoms with E-state index >= 15 is 0 Å². The van der Waals surface area contributed by atoms with Gasteiger partial charge in [0, 0.05) is 13.1 Å². The van der Waals surface area contributed by atoms with Gasteiger partial charge < -0.3 is 4.90 Å². The van der Waals surface area contributed by atoms with Gasteiger partial charge in [-0.15, -0.1) is 5.10 Å². The van der Waals surface area contributed by atoms with Gasteiger partial charge >= 0.3 is 0 Å². The maximum absolute atomic E-state index is 11.9. The number of nitrogens with zero attached hydrogens (tertiary/aromatic N) is 3. The fourth-order valence-corrected chi connectivity index (χ4v) is 2.17. The summed E-state index contributed by atoms with van der Waals surface area (Å²) in [6, 6.07) is 0. The second-order valence-corrected chi connectivity index (χ2v) is 4.27. The molecule has 0 spiro atoms. The normalized spacial score (nSPS) is 17.9. The van der Waals surface area contributed by atoms with E-state index in [2.05, 4.69) is 9.59 Å². The van der Waals surface area contributed by atoms with Crippen molar-refractivity contribution in [1.82, 2.24) is 14.5 Å². The molecule has 1 amide bonds. The second-order valence-electron chi connectivity index (χ2n) is 3.49. The van der Waals surface area contributed by atoms with Crippen molar-refractivity contribution < 1.29 is 4.79 Å². The average Bonchev–Trinajstić information content (AvgIpc) is 2.59. The predicted molar refractivity (Wildman–Crippen MR) is 54.3 cm³/mol. The van der Waals surface area contributed by atoms with Gasteiger partial charge in [-0.3, -0.25) is 4.79 Å². The van der Waals surface area contributed by atoms with Crippen LogP contribution in [-0.2, 0) is 0 Å². The minimum absolute atomic E-state index is 0.0990. The Labute approximate surface area is 87.1 Å². The van der Waals surface area contributed by atoms with Crippen LogP contribution < -0.4 is 0 Å². The van der Waals surface area contributed by atoms with Crippen LogP contribution in [0.15, 0.2) is 6.20 Å². The van der Waals surface area contributed by atoms with Gasteiger partial charge in [0.1, 0.15) is 4.88 Å². The highest BCUT2D eigenvalue weighted by molar-refractivity contribution is 7.07. The molecule has 0 aliphatic carbocycles. The first kappa shape index (κ1) is 9.58. The minimum Gasteiger partial charge on any atom is -0.338 e. The number of hydrogen-bond donors (Lipinski definition) is 0. The third-order valence-electron chi connectivity index (χ3n) is 2.47. The minimum atomic E-state index is 0.0990. The van der Waals surface area contributed by atoms with Gasteiger partial charge in [0.2, 0.25) is 0 Å². The third kappa shape index (κ3) is 2.09. The van der Waals surface area contributed by atoms with E-state index in [1.807, 2.05) is 4.90 Å². The van der Waals surface area contributed by atoms with E-state index in [1.54, 1.807) is 6.20 Å². The Hall–Kier alpha value is -0.970. The zero-order chi connectivity index (χ0) is 9.80. The van der Waals surface area contributed by atoms with Gasteiger partial charge in [-0.1, -0.05) is 17.3 Å². The average molecular weight is 211 g/mol. The molecule has 1 aliphatic heterocycles. The predicted octanol–water partition coefficient (Wildman–Crippen LogP) is 1.55. The highest BCUT2D eigenvalue weighted by atomic mass is 32.1. The second kappa shape index (κ2) is 4.50. The fourth-order valence-electron chi connectivity index (χ4n) is 1.69. The monoisotopic (exact) mass is 211 g/mol. The SMILES string of the molecule is O=C(c1cnns1)N1CCCCCC1. The molecule has 1 saturated heterocycles. The summed E-state index contributed by atoms with van der Waals surface area (Å²) < 4.78 is 3.71. The molecule has 2 rings (SSSR count). The smallest absolute Gasteiger partial charge is 0.267 e. The lowest BCUT2D eigenvalue weighted by Gasteiger charge is -2.18. The molecule has 76 valence electrons. The molecule has 1 fully saturated rings. The summed E-state index contributed by atoms with van der Waals surface area (Å²) in [6.07, 6.45) is 6.28. The highest BCUT2D eigenvalue weighted by Gasteiger charge is 2.18. The van der Waals surface area contributed by atoms with E-state index in [4.69, 9.17) is 0 Å². The molecule has 5 heteroatoms. The summed E-state index contributed by atoms with van der Waals surface area (Å²) in [5.74, 6) is 0.0990. The van der Waals surface area contributed by atoms with E-state index in [-0.39, 0.29) is 5.91 Å². The summed E-state index contributed by atoms with van der Waals surface area (Å²) >= 11 is 1.18. The maximum atomic E-state index is 11.9. The quantitative estimate of drug-likeness (QED) is 0.708. The summed E-state index contributed by atoms with van der Waals surface area (Å²) in [7, 11) is 0. The number of likely N-dealkylation sites (tertiary alicyclic amines) is 1. The van der Waals surface area contributed by atoms with E-state index < -0.39 is 0 Å². The third-order valence-corrected chi connectivity index (χ3v) is 3.12. The zero-order valence-corrected chi connectivity index (χ0v) is 8.79. The molecule has 0 aromatic carbocycles. The summed E-state index contributed by atoms with van der Waals surface area (Å²) in [5, 5.41) is 3.68. The zero-order valence-electron chi connectivity index (χ0n) is 7.98. The largest absolute Gasteiger partial charge is 0.338 e. The van der Waals surface area contributed by atoms with E-state index in [0.29, 0.717) is 4.88 Å². The fraction of sp³-hybridized carbons (Fsp3) is 0.667. The molecule has 1 aromatic heterocycles. The molecule has 0 unspecified atom stereocenters. The Kier molecular flexibility index (Phi) is 3.08. The van der Waals surface area contributed by atoms with Crippen LogP contribution in [0.3, 0.4) is 0 Å². The van der Waals surface area contributed by atoms with Crippen molar-refractivity contribution in [2.45, 2.75) is 25.7 Å². The lowest BCUT2D eigenvalue weighted by molar-refractivity contribution is 0.0766. The van der Waals surface area contributed by atoms with Gasteiger partial charge in [-0.25, -0.2) is 0 Å². The van der Waals surface area contributed by atoms with Gasteiger partial charge in [0.15, 0.2) is 0 Å². The molecule has 14 heavy (non-hydrogen) atoms. The van der Waals surface area contributed by atoms with Crippen LogP contribution >= 0.6 is 11.5 Å². The van der Waals surface area contributed by atoms with Gasteiger partial charge in [0.05, 0.1) is 6.20 Å². The van der Waals surface area contributed by atoms with Crippen LogP contribution in [0.1, 0.15) is 35.4 Å². The van der Waals surface area contributed by atoms with Crippen LogP contribution in [0.5, 0.6) is 0 Å². The molecule has 0 atom stereocenters. The topological polar surface area (TPSA) is 46.1 Å². The maximum Gasteiger partial charge on any atom is 0.267 e. The number of aromatic nitrogens is 2. The first-order valence-electron chi connectivity index (χ1n) is 4.94. The van der Waals surface area contributed by atoms with Crippen LogP contribution in [-0.4, -0.2) is 33.5 Å². The molecule has 1 aliphatic rings. The van der Waals surface area contributed by atoms with Gasteiger partial charge in [-0.05, 0) is 24.4 Å². The number of hydrogen-bond acceptors (Lipinski definition) is 4. The van der Waals surface area contributed by atoms with Crippen LogP contribution in [0.4, 0.5) is 0 Å². The van der Waals surface area contributed by atoms with Crippen molar-refractivity contribution in [3.8, 4) is 0 Å². The van der Waals surface area contributed by atoms with Crippen molar-refractivity contribution in [3.63, 3.8) is 0 Å². The molecule has 2 heterocycles. The van der Waals surface area contributed by atoms with Crippen molar-refractivity contribution in [2.24, 2.45) is 0 Å². The molecular formula is C9H13N3OS. The number of carbonyl (C=O) groups excluding carboxylic acids is 1. The molecule has 1 aromatic rings. The summed E-state index contributed by atoms with van der Waals surface area (Å²) in [4.78, 5) is 14.4. The molecule has 0 N–H and O–H groups in total. The Morgan fingerprint density at radius 1 is 1.29 bits per heavy atom. The van der Waals surface area contributed by atoms with E-state index in [0.717, 1.165) is 25.9 Å². The Morgan fingerprint density at radius 2 is 2.00 bits per heavy atom. The Balaban J connectivity index is 2.03. The van der Waals surface area contributed by atoms with Crippen molar-refractivity contribution in [3.05, 3.63) is 11.1 Å².